The summed E-state index contributed by atoms with van der Waals surface area (Å²) in [5.74, 6) is 1.13. The van der Waals surface area contributed by atoms with Crippen molar-refractivity contribution in [2.24, 2.45) is 21.1 Å². The van der Waals surface area contributed by atoms with Crippen LogP contribution in [0.15, 0.2) is 33.9 Å². The van der Waals surface area contributed by atoms with Crippen molar-refractivity contribution in [3.8, 4) is 11.4 Å². The maximum Gasteiger partial charge on any atom is 0.332 e. The van der Waals surface area contributed by atoms with Gasteiger partial charge in [-0.05, 0) is 11.5 Å². The van der Waals surface area contributed by atoms with Gasteiger partial charge in [-0.1, -0.05) is 38.1 Å². The van der Waals surface area contributed by atoms with E-state index >= 15 is 0 Å². The Morgan fingerprint density at radius 2 is 1.52 bits per heavy atom. The van der Waals surface area contributed by atoms with E-state index in [1.807, 2.05) is 19.2 Å². The first-order valence-corrected chi connectivity index (χ1v) is 7.55. The molecule has 0 amide bonds. The molecule has 0 aliphatic carbocycles. The minimum Gasteiger partial charge on any atom is -0.313 e. The van der Waals surface area contributed by atoms with Gasteiger partial charge in [-0.2, -0.15) is 0 Å². The lowest BCUT2D eigenvalue weighted by Crippen LogP contribution is -2.37. The third kappa shape index (κ3) is 2.21. The number of imidazole rings is 1. The van der Waals surface area contributed by atoms with E-state index in [1.165, 1.54) is 17.2 Å². The molecule has 0 atom stereocenters. The second kappa shape index (κ2) is 5.22. The molecule has 2 heterocycles. The Morgan fingerprint density at radius 3 is 2.09 bits per heavy atom. The molecule has 120 valence electrons. The van der Waals surface area contributed by atoms with Crippen LogP contribution in [0.4, 0.5) is 0 Å². The average Bonchev–Trinajstić information content (AvgIpc) is 2.88. The number of hydrogen-bond acceptors (Lipinski definition) is 3. The highest BCUT2D eigenvalue weighted by atomic mass is 16.2. The Morgan fingerprint density at radius 1 is 0.913 bits per heavy atom. The van der Waals surface area contributed by atoms with Gasteiger partial charge in [-0.15, -0.1) is 0 Å². The van der Waals surface area contributed by atoms with Crippen molar-refractivity contribution < 1.29 is 0 Å². The van der Waals surface area contributed by atoms with Crippen molar-refractivity contribution in [2.45, 2.75) is 19.8 Å². The van der Waals surface area contributed by atoms with Crippen LogP contribution in [0.1, 0.15) is 25.3 Å². The van der Waals surface area contributed by atoms with Crippen molar-refractivity contribution in [3.63, 3.8) is 0 Å². The number of rotatable bonds is 2. The molecule has 3 aromatic rings. The molecule has 0 unspecified atom stereocenters. The maximum atomic E-state index is 12.3. The van der Waals surface area contributed by atoms with E-state index < -0.39 is 0 Å². The van der Waals surface area contributed by atoms with E-state index in [-0.39, 0.29) is 11.2 Å². The quantitative estimate of drug-likeness (QED) is 0.724. The molecular formula is C17H20N4O2. The summed E-state index contributed by atoms with van der Waals surface area (Å²) in [7, 11) is 4.94. The van der Waals surface area contributed by atoms with E-state index in [0.29, 0.717) is 22.9 Å². The van der Waals surface area contributed by atoms with Gasteiger partial charge in [0.05, 0.1) is 0 Å². The van der Waals surface area contributed by atoms with Gasteiger partial charge >= 0.3 is 5.69 Å². The van der Waals surface area contributed by atoms with Crippen LogP contribution in [-0.2, 0) is 21.1 Å². The van der Waals surface area contributed by atoms with Gasteiger partial charge in [0, 0.05) is 26.7 Å². The maximum absolute atomic E-state index is 12.3. The van der Waals surface area contributed by atoms with Gasteiger partial charge < -0.3 is 4.57 Å². The van der Waals surface area contributed by atoms with E-state index in [4.69, 9.17) is 0 Å². The fourth-order valence-corrected chi connectivity index (χ4v) is 2.85. The second-order valence-corrected chi connectivity index (χ2v) is 6.15. The Bertz CT molecular complexity index is 1000. The first-order valence-electron chi connectivity index (χ1n) is 7.55. The van der Waals surface area contributed by atoms with Crippen LogP contribution in [0.3, 0.4) is 0 Å². The molecule has 2 aromatic heterocycles. The summed E-state index contributed by atoms with van der Waals surface area (Å²) in [5, 5.41) is 0. The summed E-state index contributed by atoms with van der Waals surface area (Å²) >= 11 is 0. The van der Waals surface area contributed by atoms with Crippen molar-refractivity contribution in [2.75, 3.05) is 0 Å². The molecule has 0 aliphatic rings. The summed E-state index contributed by atoms with van der Waals surface area (Å²) in [4.78, 5) is 28.9. The zero-order chi connectivity index (χ0) is 16.9. The van der Waals surface area contributed by atoms with Crippen LogP contribution >= 0.6 is 0 Å². The third-order valence-electron chi connectivity index (χ3n) is 4.30. The van der Waals surface area contributed by atoms with Gasteiger partial charge in [-0.25, -0.2) is 9.78 Å². The van der Waals surface area contributed by atoms with Crippen molar-refractivity contribution in [1.29, 1.82) is 0 Å². The number of hydrogen-bond donors (Lipinski definition) is 0. The molecule has 0 spiro atoms. The third-order valence-corrected chi connectivity index (χ3v) is 4.30. The first-order chi connectivity index (χ1) is 10.8. The summed E-state index contributed by atoms with van der Waals surface area (Å²) in [6.45, 7) is 4.28. The minimum atomic E-state index is -0.372. The highest BCUT2D eigenvalue weighted by molar-refractivity contribution is 5.76. The van der Waals surface area contributed by atoms with E-state index in [1.54, 1.807) is 11.6 Å². The predicted molar refractivity (Wildman–Crippen MR) is 90.7 cm³/mol. The highest BCUT2D eigenvalue weighted by Gasteiger charge is 2.17. The Kier molecular flexibility index (Phi) is 3.47. The number of aromatic nitrogens is 4. The number of benzene rings is 1. The van der Waals surface area contributed by atoms with Gasteiger partial charge in [0.2, 0.25) is 0 Å². The molecule has 0 saturated carbocycles. The van der Waals surface area contributed by atoms with Crippen molar-refractivity contribution >= 4 is 11.2 Å². The average molecular weight is 312 g/mol. The highest BCUT2D eigenvalue weighted by Crippen LogP contribution is 2.23. The lowest BCUT2D eigenvalue weighted by Gasteiger charge is -2.08. The summed E-state index contributed by atoms with van der Waals surface area (Å²) < 4.78 is 4.33. The zero-order valence-electron chi connectivity index (χ0n) is 14.0. The fourth-order valence-electron chi connectivity index (χ4n) is 2.85. The van der Waals surface area contributed by atoms with Crippen LogP contribution in [0.2, 0.25) is 0 Å². The molecule has 1 aromatic carbocycles. The summed E-state index contributed by atoms with van der Waals surface area (Å²) in [6.07, 6.45) is 0. The second-order valence-electron chi connectivity index (χ2n) is 6.15. The molecule has 3 rings (SSSR count). The topological polar surface area (TPSA) is 61.8 Å². The van der Waals surface area contributed by atoms with Crippen molar-refractivity contribution in [1.82, 2.24) is 18.7 Å². The normalized spacial score (nSPS) is 11.6. The fraction of sp³-hybridized carbons (Fsp3) is 0.353. The van der Waals surface area contributed by atoms with Crippen LogP contribution in [0.25, 0.3) is 22.6 Å². The van der Waals surface area contributed by atoms with Crippen LogP contribution < -0.4 is 11.2 Å². The van der Waals surface area contributed by atoms with E-state index in [0.717, 1.165) is 10.1 Å². The summed E-state index contributed by atoms with van der Waals surface area (Å²) in [6, 6.07) is 8.13. The molecule has 0 fully saturated rings. The number of nitrogens with zero attached hydrogens (tertiary/aromatic N) is 4. The van der Waals surface area contributed by atoms with Crippen molar-refractivity contribution in [3.05, 3.63) is 50.7 Å². The monoisotopic (exact) mass is 312 g/mol. The molecule has 6 heteroatoms. The lowest BCUT2D eigenvalue weighted by molar-refractivity contribution is 0.698. The SMILES string of the molecule is CC(C)c1ccc(-c2nc3c(=O)n(C)c(=O)n(C)c3n2C)cc1. The van der Waals surface area contributed by atoms with Gasteiger partial charge in [0.25, 0.3) is 5.56 Å². The first kappa shape index (κ1) is 15.3. The van der Waals surface area contributed by atoms with Gasteiger partial charge in [0.15, 0.2) is 5.52 Å². The number of aryl methyl sites for hydroxylation is 2. The Balaban J connectivity index is 2.30. The summed E-state index contributed by atoms with van der Waals surface area (Å²) in [5.41, 5.74) is 2.27. The lowest BCUT2D eigenvalue weighted by atomic mass is 10.0. The smallest absolute Gasteiger partial charge is 0.313 e. The number of fused-ring (bicyclic) bond motifs is 1. The predicted octanol–water partition coefficient (Wildman–Crippen LogP) is 1.76. The van der Waals surface area contributed by atoms with Crippen LogP contribution in [0.5, 0.6) is 0 Å². The molecule has 0 N–H and O–H groups in total. The van der Waals surface area contributed by atoms with Gasteiger partial charge in [-0.3, -0.25) is 13.9 Å². The minimum absolute atomic E-state index is 0.306. The Hall–Kier alpha value is -2.63. The largest absolute Gasteiger partial charge is 0.332 e. The van der Waals surface area contributed by atoms with E-state index in [9.17, 15) is 9.59 Å². The zero-order valence-corrected chi connectivity index (χ0v) is 14.0. The van der Waals surface area contributed by atoms with Crippen LogP contribution in [-0.4, -0.2) is 18.7 Å². The van der Waals surface area contributed by atoms with Gasteiger partial charge in [0.1, 0.15) is 11.5 Å². The van der Waals surface area contributed by atoms with E-state index in [2.05, 4.69) is 31.0 Å². The molecule has 0 aliphatic heterocycles. The molecule has 0 saturated heterocycles. The standard InChI is InChI=1S/C17H20N4O2/c1-10(2)11-6-8-12(9-7-11)14-18-13-15(19(14)3)20(4)17(23)21(5)16(13)22/h6-10H,1-5H3. The molecular weight excluding hydrogens is 292 g/mol. The Labute approximate surface area is 133 Å². The molecule has 0 bridgehead atoms. The molecule has 0 radical (unpaired) electrons. The van der Waals surface area contributed by atoms with Crippen LogP contribution in [0, 0.1) is 0 Å². The molecule has 6 nitrogen and oxygen atoms in total. The molecule has 23 heavy (non-hydrogen) atoms.